The number of amides is 2. The van der Waals surface area contributed by atoms with Crippen LogP contribution in [0.1, 0.15) is 56.3 Å². The molecule has 9 aromatic rings. The minimum absolute atomic E-state index is 0.000258. The summed E-state index contributed by atoms with van der Waals surface area (Å²) in [6, 6.07) is 62.7. The Morgan fingerprint density at radius 2 is 1.00 bits per heavy atom. The van der Waals surface area contributed by atoms with Crippen LogP contribution in [0.2, 0.25) is 0 Å². The lowest BCUT2D eigenvalue weighted by Crippen LogP contribution is -2.51. The molecule has 13 heteroatoms. The second-order valence-corrected chi connectivity index (χ2v) is 19.7. The van der Waals surface area contributed by atoms with Crippen molar-refractivity contribution in [2.45, 2.75) is 59.2 Å². The van der Waals surface area contributed by atoms with Gasteiger partial charge in [-0.25, -0.2) is 18.8 Å². The van der Waals surface area contributed by atoms with Crippen LogP contribution in [-0.2, 0) is 38.4 Å². The molecule has 81 heavy (non-hydrogen) atoms. The number of aliphatic imine (C=N–C) groups is 1. The van der Waals surface area contributed by atoms with E-state index in [-0.39, 0.29) is 42.1 Å². The Hall–Kier alpha value is -8.91. The molecule has 0 spiro atoms. The maximum atomic E-state index is 13.8. The van der Waals surface area contributed by atoms with Gasteiger partial charge in [-0.3, -0.25) is 19.0 Å². The molecule has 0 radical (unpaired) electrons. The van der Waals surface area contributed by atoms with Crippen LogP contribution in [0.5, 0.6) is 0 Å². The Morgan fingerprint density at radius 1 is 0.543 bits per heavy atom. The van der Waals surface area contributed by atoms with Gasteiger partial charge in [0.15, 0.2) is 0 Å². The van der Waals surface area contributed by atoms with Crippen LogP contribution < -0.4 is 10.5 Å². The molecule has 11 nitrogen and oxygen atoms in total. The summed E-state index contributed by atoms with van der Waals surface area (Å²) in [7, 11) is 0. The lowest BCUT2D eigenvalue weighted by molar-refractivity contribution is -0.134. The number of anilines is 1. The summed E-state index contributed by atoms with van der Waals surface area (Å²) in [5.41, 5.74) is 9.79. The molecule has 2 amide bonds. The number of benzene rings is 8. The summed E-state index contributed by atoms with van der Waals surface area (Å²) < 4.78 is 40.3. The third-order valence-electron chi connectivity index (χ3n) is 14.4. The standard InChI is InChI=1S/C34H32FN3O3.C34H34FN3O2/c1-3-41-22-21-37(32(39)23-25-13-15-27(16-14-25)26-9-5-4-6-10-26)24(2)33-36-31-12-8-7-11-30(31)34(40)38(33)29-19-17-28(35)18-20-29;1-3-40-22-21-37(33(39)23-26-13-15-28(16-14-26)27-9-5-4-6-10-27)25(2)34-36-32-12-8-7-11-29(32)24-38(34)31-19-17-30(35)18-20-31/h4-20,24H,3,21-23H2,1-2H3;4-20,25H,3,21-24H2,1-2H3. The van der Waals surface area contributed by atoms with Crippen molar-refractivity contribution in [1.29, 1.82) is 0 Å². The Kier molecular flexibility index (Phi) is 19.1. The van der Waals surface area contributed by atoms with Gasteiger partial charge in [0.05, 0.1) is 67.0 Å². The lowest BCUT2D eigenvalue weighted by Gasteiger charge is -2.38. The molecule has 2 atom stereocenters. The molecule has 8 aromatic carbocycles. The van der Waals surface area contributed by atoms with Crippen LogP contribution in [0.25, 0.3) is 38.8 Å². The lowest BCUT2D eigenvalue weighted by atomic mass is 10.0. The fourth-order valence-electron chi connectivity index (χ4n) is 10.0. The molecular formula is C68H66F2N6O5. The molecule has 0 N–H and O–H groups in total. The average molecular weight is 1090 g/mol. The number of hydrogen-bond donors (Lipinski definition) is 0. The van der Waals surface area contributed by atoms with E-state index in [1.54, 1.807) is 47.4 Å². The van der Waals surface area contributed by atoms with Gasteiger partial charge in [0.25, 0.3) is 5.56 Å². The number of amidine groups is 1. The number of carbonyl (C=O) groups is 2. The summed E-state index contributed by atoms with van der Waals surface area (Å²) in [6.07, 6.45) is 0.450. The minimum atomic E-state index is -0.575. The van der Waals surface area contributed by atoms with E-state index in [4.69, 9.17) is 19.5 Å². The van der Waals surface area contributed by atoms with Gasteiger partial charge >= 0.3 is 0 Å². The first-order valence-corrected chi connectivity index (χ1v) is 27.5. The molecule has 0 aliphatic carbocycles. The molecule has 1 aliphatic heterocycles. The van der Waals surface area contributed by atoms with E-state index in [1.807, 2.05) is 136 Å². The Morgan fingerprint density at radius 3 is 1.53 bits per heavy atom. The van der Waals surface area contributed by atoms with Gasteiger partial charge in [-0.2, -0.15) is 0 Å². The van der Waals surface area contributed by atoms with Crippen LogP contribution in [0.15, 0.2) is 216 Å². The van der Waals surface area contributed by atoms with Gasteiger partial charge in [0.1, 0.15) is 23.3 Å². The quantitative estimate of drug-likeness (QED) is 0.0699. The van der Waals surface area contributed by atoms with Crippen molar-refractivity contribution >= 4 is 39.9 Å². The average Bonchev–Trinajstić information content (AvgIpc) is 3.61. The highest BCUT2D eigenvalue weighted by Crippen LogP contribution is 2.32. The zero-order chi connectivity index (χ0) is 56.7. The smallest absolute Gasteiger partial charge is 0.266 e. The van der Waals surface area contributed by atoms with Crippen molar-refractivity contribution in [3.8, 4) is 27.9 Å². The van der Waals surface area contributed by atoms with E-state index in [9.17, 15) is 23.2 Å². The topological polar surface area (TPSA) is 110 Å². The van der Waals surface area contributed by atoms with Gasteiger partial charge in [-0.1, -0.05) is 140 Å². The fourth-order valence-corrected chi connectivity index (χ4v) is 10.0. The maximum Gasteiger partial charge on any atom is 0.266 e. The number of fused-ring (bicyclic) bond motifs is 2. The number of halogens is 2. The molecule has 2 heterocycles. The molecule has 2 unspecified atom stereocenters. The molecule has 412 valence electrons. The van der Waals surface area contributed by atoms with Crippen LogP contribution >= 0.6 is 0 Å². The molecule has 0 bridgehead atoms. The van der Waals surface area contributed by atoms with Crippen molar-refractivity contribution in [3.05, 3.63) is 251 Å². The van der Waals surface area contributed by atoms with Gasteiger partial charge < -0.3 is 24.2 Å². The SMILES string of the molecule is CCOCCN(C(=O)Cc1ccc(-c2ccccc2)cc1)C(C)C1=Nc2ccccc2CN1c1ccc(F)cc1.CCOCCN(C(=O)Cc1ccc(-c2ccccc2)cc1)C(C)c1nc2ccccc2c(=O)n1-c1ccc(F)cc1. The van der Waals surface area contributed by atoms with E-state index in [2.05, 4.69) is 41.3 Å². The molecule has 10 rings (SSSR count). The summed E-state index contributed by atoms with van der Waals surface area (Å²) in [4.78, 5) is 56.9. The Bertz CT molecular complexity index is 3620. The van der Waals surface area contributed by atoms with Crippen LogP contribution in [0, 0.1) is 11.6 Å². The first kappa shape index (κ1) is 56.8. The zero-order valence-electron chi connectivity index (χ0n) is 46.1. The zero-order valence-corrected chi connectivity index (χ0v) is 46.1. The number of ether oxygens (including phenoxy) is 2. The van der Waals surface area contributed by atoms with Crippen molar-refractivity contribution in [1.82, 2.24) is 19.4 Å². The molecule has 0 saturated heterocycles. The molecule has 1 aliphatic rings. The minimum Gasteiger partial charge on any atom is -0.380 e. The van der Waals surface area contributed by atoms with Gasteiger partial charge in [0, 0.05) is 32.0 Å². The normalized spacial score (nSPS) is 12.6. The van der Waals surface area contributed by atoms with E-state index in [1.165, 1.54) is 28.8 Å². The number of aromatic nitrogens is 2. The number of carbonyl (C=O) groups excluding carboxylic acids is 2. The number of para-hydroxylation sites is 2. The van der Waals surface area contributed by atoms with Crippen LogP contribution in [-0.4, -0.2) is 82.6 Å². The van der Waals surface area contributed by atoms with E-state index < -0.39 is 11.9 Å². The first-order chi connectivity index (χ1) is 39.5. The number of rotatable bonds is 20. The largest absolute Gasteiger partial charge is 0.380 e. The first-order valence-electron chi connectivity index (χ1n) is 27.5. The van der Waals surface area contributed by atoms with Crippen LogP contribution in [0.3, 0.4) is 0 Å². The highest BCUT2D eigenvalue weighted by Gasteiger charge is 2.32. The molecule has 1 aromatic heterocycles. The van der Waals surface area contributed by atoms with Crippen molar-refractivity contribution in [2.75, 3.05) is 44.4 Å². The number of nitrogens with zero attached hydrogens (tertiary/aromatic N) is 6. The second-order valence-electron chi connectivity index (χ2n) is 19.7. The number of hydrogen-bond acceptors (Lipinski definition) is 8. The molecule has 0 fully saturated rings. The van der Waals surface area contributed by atoms with E-state index >= 15 is 0 Å². The monoisotopic (exact) mass is 1080 g/mol. The predicted octanol–water partition coefficient (Wildman–Crippen LogP) is 13.4. The predicted molar refractivity (Wildman–Crippen MR) is 319 cm³/mol. The second kappa shape index (κ2) is 27.3. The van der Waals surface area contributed by atoms with Crippen molar-refractivity contribution in [3.63, 3.8) is 0 Å². The summed E-state index contributed by atoms with van der Waals surface area (Å²) in [5, 5.41) is 0.443. The van der Waals surface area contributed by atoms with Gasteiger partial charge in [0.2, 0.25) is 11.8 Å². The Labute approximate surface area is 472 Å². The Balaban J connectivity index is 0.000000196. The summed E-state index contributed by atoms with van der Waals surface area (Å²) >= 11 is 0. The molecular weight excluding hydrogens is 1020 g/mol. The van der Waals surface area contributed by atoms with E-state index in [0.29, 0.717) is 68.5 Å². The van der Waals surface area contributed by atoms with Gasteiger partial charge in [-0.15, -0.1) is 0 Å². The van der Waals surface area contributed by atoms with Crippen molar-refractivity contribution < 1.29 is 27.8 Å². The maximum absolute atomic E-state index is 13.8. The highest BCUT2D eigenvalue weighted by atomic mass is 19.1. The summed E-state index contributed by atoms with van der Waals surface area (Å²) in [6.45, 7) is 10.9. The van der Waals surface area contributed by atoms with Crippen LogP contribution in [0.4, 0.5) is 20.2 Å². The third kappa shape index (κ3) is 14.1. The fraction of sp³-hybridized carbons (Fsp3) is 0.221. The highest BCUT2D eigenvalue weighted by molar-refractivity contribution is 6.05. The third-order valence-corrected chi connectivity index (χ3v) is 14.4. The molecule has 0 saturated carbocycles. The van der Waals surface area contributed by atoms with Gasteiger partial charge in [-0.05, 0) is 133 Å². The van der Waals surface area contributed by atoms with E-state index in [0.717, 1.165) is 56.2 Å². The van der Waals surface area contributed by atoms with Crippen molar-refractivity contribution in [2.24, 2.45) is 4.99 Å². The summed E-state index contributed by atoms with van der Waals surface area (Å²) in [5.74, 6) is 0.327.